The molecule has 0 unspecified atom stereocenters. The zero-order chi connectivity index (χ0) is 31.0. The molecule has 0 amide bonds. The van der Waals surface area contributed by atoms with Crippen molar-refractivity contribution in [2.24, 2.45) is 5.41 Å². The van der Waals surface area contributed by atoms with Gasteiger partial charge in [0, 0.05) is 47.1 Å². The summed E-state index contributed by atoms with van der Waals surface area (Å²) in [4.78, 5) is 14.7. The number of piperazine rings is 1. The fraction of sp³-hybridized carbons (Fsp3) is 0.459. The lowest BCUT2D eigenvalue weighted by molar-refractivity contribution is 0.139. The second kappa shape index (κ2) is 10.7. The van der Waals surface area contributed by atoms with E-state index in [4.69, 9.17) is 25.9 Å². The standard InChI is InChI=1S/C37H38FN5O3/c1-2-22-7-6-8-23-15-25(44)16-26(31(22)23)27-17-30-32-34(33(27)38)40-36(46-21-37(11-12-37)20-42-13-4-3-5-14-42)41-35(32)43-18-24-9-10-28(39-24)29(43)19-45-30/h1,6-8,15-17,24,28-29,39,44H,3-5,9-14,18-21H2/t24-,28+,29-/m1/s1. The molecule has 1 aliphatic carbocycles. The maximum absolute atomic E-state index is 17.1. The van der Waals surface area contributed by atoms with Crippen molar-refractivity contribution in [3.63, 3.8) is 0 Å². The molecule has 4 aromatic rings. The minimum atomic E-state index is -0.513. The van der Waals surface area contributed by atoms with Gasteiger partial charge in [-0.15, -0.1) is 6.42 Å². The third-order valence-electron chi connectivity index (χ3n) is 11.0. The smallest absolute Gasteiger partial charge is 0.319 e. The summed E-state index contributed by atoms with van der Waals surface area (Å²) in [6.45, 7) is 5.03. The SMILES string of the molecule is C#Cc1cccc2cc(O)cc(-c3cc4c5c(nc(OCC6(CN7CCCCC7)CC6)nc5c3F)N3C[C@H]5CC[C@H](N5)[C@H]3CO4)c12. The van der Waals surface area contributed by atoms with Gasteiger partial charge in [0.25, 0.3) is 0 Å². The Labute approximate surface area is 267 Å². The predicted molar refractivity (Wildman–Crippen MR) is 176 cm³/mol. The molecule has 2 N–H and O–H groups in total. The highest BCUT2D eigenvalue weighted by Crippen LogP contribution is 2.48. The first-order valence-corrected chi connectivity index (χ1v) is 16.8. The molecule has 3 aromatic carbocycles. The van der Waals surface area contributed by atoms with Crippen LogP contribution in [0.15, 0.2) is 36.4 Å². The van der Waals surface area contributed by atoms with Gasteiger partial charge in [-0.3, -0.25) is 0 Å². The Bertz CT molecular complexity index is 1910. The monoisotopic (exact) mass is 619 g/mol. The van der Waals surface area contributed by atoms with E-state index in [1.807, 2.05) is 18.2 Å². The summed E-state index contributed by atoms with van der Waals surface area (Å²) in [6, 6.07) is 11.3. The van der Waals surface area contributed by atoms with Crippen LogP contribution in [0.1, 0.15) is 50.5 Å². The molecule has 2 bridgehead atoms. The van der Waals surface area contributed by atoms with Crippen molar-refractivity contribution in [3.05, 3.63) is 47.8 Å². The lowest BCUT2D eigenvalue weighted by Gasteiger charge is -2.40. The van der Waals surface area contributed by atoms with Crippen molar-refractivity contribution >= 4 is 27.5 Å². The van der Waals surface area contributed by atoms with E-state index in [1.165, 1.54) is 19.3 Å². The van der Waals surface area contributed by atoms with E-state index in [0.29, 0.717) is 52.7 Å². The minimum Gasteiger partial charge on any atom is -0.508 e. The average Bonchev–Trinajstić information content (AvgIpc) is 3.76. The fourth-order valence-electron chi connectivity index (χ4n) is 8.38. The Balaban J connectivity index is 1.19. The summed E-state index contributed by atoms with van der Waals surface area (Å²) >= 11 is 0. The molecule has 5 aliphatic rings. The number of hydrogen-bond donors (Lipinski definition) is 2. The van der Waals surface area contributed by atoms with Crippen LogP contribution in [0, 0.1) is 23.6 Å². The van der Waals surface area contributed by atoms with E-state index < -0.39 is 5.82 Å². The summed E-state index contributed by atoms with van der Waals surface area (Å²) in [7, 11) is 0. The Morgan fingerprint density at radius 1 is 1.09 bits per heavy atom. The van der Waals surface area contributed by atoms with Crippen molar-refractivity contribution in [1.82, 2.24) is 20.2 Å². The second-order valence-electron chi connectivity index (χ2n) is 14.0. The summed E-state index contributed by atoms with van der Waals surface area (Å²) in [6.07, 6.45) is 14.1. The van der Waals surface area contributed by atoms with Crippen molar-refractivity contribution in [2.75, 3.05) is 44.3 Å². The third kappa shape index (κ3) is 4.65. The highest BCUT2D eigenvalue weighted by atomic mass is 19.1. The number of anilines is 1. The van der Waals surface area contributed by atoms with Crippen LogP contribution in [-0.4, -0.2) is 77.5 Å². The number of likely N-dealkylation sites (tertiary alicyclic amines) is 1. The quantitative estimate of drug-likeness (QED) is 0.269. The molecule has 3 saturated heterocycles. The molecule has 3 atom stereocenters. The van der Waals surface area contributed by atoms with Crippen LogP contribution in [0.4, 0.5) is 10.2 Å². The van der Waals surface area contributed by atoms with E-state index in [0.717, 1.165) is 57.2 Å². The van der Waals surface area contributed by atoms with Crippen LogP contribution in [0.5, 0.6) is 17.5 Å². The van der Waals surface area contributed by atoms with Gasteiger partial charge in [-0.1, -0.05) is 24.5 Å². The zero-order valence-corrected chi connectivity index (χ0v) is 25.9. The minimum absolute atomic E-state index is 0.0259. The summed E-state index contributed by atoms with van der Waals surface area (Å²) in [5.41, 5.74) is 1.64. The number of phenols is 1. The van der Waals surface area contributed by atoms with E-state index in [-0.39, 0.29) is 40.3 Å². The second-order valence-corrected chi connectivity index (χ2v) is 14.0. The molecule has 1 saturated carbocycles. The number of phenolic OH excluding ortho intramolecular Hbond substituents is 1. The number of halogens is 1. The molecule has 9 rings (SSSR count). The Hall–Kier alpha value is -4.13. The molecule has 8 nitrogen and oxygen atoms in total. The zero-order valence-electron chi connectivity index (χ0n) is 25.9. The van der Waals surface area contributed by atoms with Gasteiger partial charge in [0.2, 0.25) is 0 Å². The number of piperidine rings is 1. The maximum Gasteiger partial charge on any atom is 0.319 e. The van der Waals surface area contributed by atoms with Gasteiger partial charge in [0.05, 0.1) is 18.0 Å². The summed E-state index contributed by atoms with van der Waals surface area (Å²) in [5, 5.41) is 16.4. The van der Waals surface area contributed by atoms with Crippen molar-refractivity contribution in [3.8, 4) is 41.0 Å². The Kier molecular flexibility index (Phi) is 6.55. The molecule has 1 aromatic heterocycles. The van der Waals surface area contributed by atoms with Crippen LogP contribution in [0.3, 0.4) is 0 Å². The number of fused-ring (bicyclic) bond motifs is 6. The molecule has 9 heteroatoms. The van der Waals surface area contributed by atoms with E-state index >= 15 is 4.39 Å². The van der Waals surface area contributed by atoms with Crippen molar-refractivity contribution in [1.29, 1.82) is 0 Å². The maximum atomic E-state index is 17.1. The normalized spacial score (nSPS) is 24.7. The number of nitrogens with zero attached hydrogens (tertiary/aromatic N) is 4. The Morgan fingerprint density at radius 2 is 1.96 bits per heavy atom. The van der Waals surface area contributed by atoms with Gasteiger partial charge in [0.15, 0.2) is 5.82 Å². The van der Waals surface area contributed by atoms with Crippen LogP contribution in [0.2, 0.25) is 0 Å². The summed E-state index contributed by atoms with van der Waals surface area (Å²) in [5.74, 6) is 3.45. The number of rotatable bonds is 6. The van der Waals surface area contributed by atoms with Gasteiger partial charge < -0.3 is 29.7 Å². The molecular weight excluding hydrogens is 581 g/mol. The molecule has 0 radical (unpaired) electrons. The van der Waals surface area contributed by atoms with E-state index in [1.54, 1.807) is 18.2 Å². The predicted octanol–water partition coefficient (Wildman–Crippen LogP) is 5.62. The molecule has 0 spiro atoms. The Morgan fingerprint density at radius 3 is 2.78 bits per heavy atom. The molecular formula is C37H38FN5O3. The topological polar surface area (TPSA) is 83.0 Å². The van der Waals surface area contributed by atoms with Crippen molar-refractivity contribution < 1.29 is 19.0 Å². The van der Waals surface area contributed by atoms with Crippen LogP contribution in [0.25, 0.3) is 32.8 Å². The molecule has 236 valence electrons. The van der Waals surface area contributed by atoms with Crippen LogP contribution < -0.4 is 19.7 Å². The molecule has 4 fully saturated rings. The summed E-state index contributed by atoms with van der Waals surface area (Å²) < 4.78 is 30.1. The number of aromatic nitrogens is 2. The number of aromatic hydroxyl groups is 1. The van der Waals surface area contributed by atoms with Gasteiger partial charge >= 0.3 is 6.01 Å². The molecule has 46 heavy (non-hydrogen) atoms. The van der Waals surface area contributed by atoms with E-state index in [2.05, 4.69) is 21.0 Å². The fourth-order valence-corrected chi connectivity index (χ4v) is 8.38. The van der Waals surface area contributed by atoms with Crippen LogP contribution in [-0.2, 0) is 0 Å². The van der Waals surface area contributed by atoms with Gasteiger partial charge in [-0.25, -0.2) is 4.39 Å². The first-order valence-electron chi connectivity index (χ1n) is 16.8. The van der Waals surface area contributed by atoms with Crippen molar-refractivity contribution in [2.45, 2.75) is 63.1 Å². The lowest BCUT2D eigenvalue weighted by Crippen LogP contribution is -2.60. The molecule has 5 heterocycles. The van der Waals surface area contributed by atoms with Gasteiger partial charge in [-0.05, 0) is 86.8 Å². The first-order chi connectivity index (χ1) is 22.5. The molecule has 4 aliphatic heterocycles. The first kappa shape index (κ1) is 28.1. The number of ether oxygens (including phenoxy) is 2. The van der Waals surface area contributed by atoms with Gasteiger partial charge in [0.1, 0.15) is 29.4 Å². The van der Waals surface area contributed by atoms with Crippen LogP contribution >= 0.6 is 0 Å². The highest BCUT2D eigenvalue weighted by molar-refractivity contribution is 6.05. The van der Waals surface area contributed by atoms with Gasteiger partial charge in [-0.2, -0.15) is 9.97 Å². The highest BCUT2D eigenvalue weighted by Gasteiger charge is 2.46. The number of benzene rings is 3. The third-order valence-corrected chi connectivity index (χ3v) is 11.0. The number of terminal acetylenes is 1. The largest absolute Gasteiger partial charge is 0.508 e. The number of hydrogen-bond acceptors (Lipinski definition) is 8. The number of nitrogens with one attached hydrogen (secondary N) is 1. The lowest BCUT2D eigenvalue weighted by atomic mass is 9.93. The average molecular weight is 620 g/mol. The van der Waals surface area contributed by atoms with E-state index in [9.17, 15) is 5.11 Å².